The van der Waals surface area contributed by atoms with Crippen LogP contribution in [-0.4, -0.2) is 14.7 Å². The quantitative estimate of drug-likeness (QED) is 0.419. The van der Waals surface area contributed by atoms with Gasteiger partial charge in [-0.1, -0.05) is 6.92 Å². The van der Waals surface area contributed by atoms with Gasteiger partial charge in [0.05, 0.1) is 4.08 Å². The molecule has 0 aliphatic rings. The van der Waals surface area contributed by atoms with Crippen molar-refractivity contribution in [2.24, 2.45) is 0 Å². The van der Waals surface area contributed by atoms with E-state index in [2.05, 4.69) is 19.6 Å². The van der Waals surface area contributed by atoms with Crippen molar-refractivity contribution in [2.45, 2.75) is 22.8 Å². The third-order valence-corrected chi connectivity index (χ3v) is 4.03. The molecule has 0 saturated heterocycles. The maximum absolute atomic E-state index is 5.62. The van der Waals surface area contributed by atoms with Crippen molar-refractivity contribution in [3.63, 3.8) is 0 Å². The first-order valence-corrected chi connectivity index (χ1v) is 4.95. The predicted molar refractivity (Wildman–Crippen MR) is 51.0 cm³/mol. The molecule has 0 heterocycles. The number of thiol groups is 1. The standard InChI is InChI=1S/C5H10Cl2S2/c1-3-9-5(2,8)4(6)7/h4,8H,3H2,1-2H3. The van der Waals surface area contributed by atoms with Gasteiger partial charge in [0.25, 0.3) is 0 Å². The van der Waals surface area contributed by atoms with Crippen LogP contribution in [0.4, 0.5) is 0 Å². The van der Waals surface area contributed by atoms with E-state index in [1.165, 1.54) is 0 Å². The van der Waals surface area contributed by atoms with Crippen molar-refractivity contribution in [3.05, 3.63) is 0 Å². The van der Waals surface area contributed by atoms with Gasteiger partial charge in [0, 0.05) is 0 Å². The van der Waals surface area contributed by atoms with Crippen LogP contribution in [0.2, 0.25) is 0 Å². The first-order chi connectivity index (χ1) is 4.00. The van der Waals surface area contributed by atoms with Crippen molar-refractivity contribution in [3.8, 4) is 0 Å². The molecule has 0 aliphatic heterocycles. The van der Waals surface area contributed by atoms with Crippen molar-refractivity contribution < 1.29 is 0 Å². The van der Waals surface area contributed by atoms with E-state index in [9.17, 15) is 0 Å². The van der Waals surface area contributed by atoms with Gasteiger partial charge in [-0.3, -0.25) is 0 Å². The number of alkyl halides is 2. The number of thioether (sulfide) groups is 1. The van der Waals surface area contributed by atoms with Crippen LogP contribution in [0.1, 0.15) is 13.8 Å². The Labute approximate surface area is 76.1 Å². The summed E-state index contributed by atoms with van der Waals surface area (Å²) < 4.78 is -0.308. The average Bonchev–Trinajstić information content (AvgIpc) is 1.65. The summed E-state index contributed by atoms with van der Waals surface area (Å²) in [5.41, 5.74) is 0. The van der Waals surface area contributed by atoms with Gasteiger partial charge in [0.2, 0.25) is 0 Å². The van der Waals surface area contributed by atoms with Crippen LogP contribution < -0.4 is 0 Å². The molecule has 0 radical (unpaired) electrons. The fourth-order valence-corrected chi connectivity index (χ4v) is 1.83. The lowest BCUT2D eigenvalue weighted by Gasteiger charge is -2.22. The second-order valence-corrected chi connectivity index (χ2v) is 5.83. The Morgan fingerprint density at radius 3 is 2.22 bits per heavy atom. The molecule has 0 aromatic carbocycles. The molecule has 0 aliphatic carbocycles. The van der Waals surface area contributed by atoms with Gasteiger partial charge in [0.1, 0.15) is 4.84 Å². The second-order valence-electron chi connectivity index (χ2n) is 1.79. The highest BCUT2D eigenvalue weighted by molar-refractivity contribution is 8.11. The van der Waals surface area contributed by atoms with Crippen molar-refractivity contribution in [1.29, 1.82) is 0 Å². The Kier molecular flexibility index (Phi) is 4.82. The smallest absolute Gasteiger partial charge is 0.131 e. The zero-order valence-corrected chi connectivity index (χ0v) is 8.62. The second kappa shape index (κ2) is 4.22. The Hall–Kier alpha value is 1.28. The third-order valence-electron chi connectivity index (χ3n) is 0.841. The number of hydrogen-bond donors (Lipinski definition) is 1. The SMILES string of the molecule is CCSC(C)(S)C(Cl)Cl. The van der Waals surface area contributed by atoms with Gasteiger partial charge in [-0.05, 0) is 12.7 Å². The monoisotopic (exact) mass is 204 g/mol. The highest BCUT2D eigenvalue weighted by Gasteiger charge is 2.26. The average molecular weight is 205 g/mol. The van der Waals surface area contributed by atoms with Crippen molar-refractivity contribution in [2.75, 3.05) is 5.75 Å². The molecule has 0 aromatic heterocycles. The third kappa shape index (κ3) is 3.87. The van der Waals surface area contributed by atoms with E-state index >= 15 is 0 Å². The summed E-state index contributed by atoms with van der Waals surface area (Å²) >= 11 is 17.1. The van der Waals surface area contributed by atoms with Crippen LogP contribution in [0.5, 0.6) is 0 Å². The van der Waals surface area contributed by atoms with Crippen molar-refractivity contribution in [1.82, 2.24) is 0 Å². The van der Waals surface area contributed by atoms with E-state index in [0.717, 1.165) is 5.75 Å². The van der Waals surface area contributed by atoms with Crippen LogP contribution in [0.25, 0.3) is 0 Å². The van der Waals surface area contributed by atoms with E-state index in [-0.39, 0.29) is 4.08 Å². The Balaban J connectivity index is 3.70. The van der Waals surface area contributed by atoms with E-state index in [4.69, 9.17) is 23.2 Å². The molecule has 4 heteroatoms. The lowest BCUT2D eigenvalue weighted by molar-refractivity contribution is 0.991. The summed E-state index contributed by atoms with van der Waals surface area (Å²) in [4.78, 5) is -0.411. The van der Waals surface area contributed by atoms with Crippen LogP contribution in [0.15, 0.2) is 0 Å². The Morgan fingerprint density at radius 1 is 1.67 bits per heavy atom. The van der Waals surface area contributed by atoms with E-state index in [0.29, 0.717) is 0 Å². The van der Waals surface area contributed by atoms with E-state index in [1.54, 1.807) is 11.8 Å². The molecule has 0 bridgehead atoms. The first-order valence-electron chi connectivity index (χ1n) is 2.65. The normalized spacial score (nSPS) is 18.0. The molecule has 0 nitrogen and oxygen atoms in total. The minimum Gasteiger partial charge on any atom is -0.159 e. The van der Waals surface area contributed by atoms with Gasteiger partial charge < -0.3 is 0 Å². The molecule has 1 unspecified atom stereocenters. The van der Waals surface area contributed by atoms with E-state index < -0.39 is 4.84 Å². The van der Waals surface area contributed by atoms with Crippen LogP contribution in [0, 0.1) is 0 Å². The number of halogens is 2. The summed E-state index contributed by atoms with van der Waals surface area (Å²) in [6, 6.07) is 0. The molecule has 0 rings (SSSR count). The Bertz CT molecular complexity index is 83.0. The molecule has 0 N–H and O–H groups in total. The lowest BCUT2D eigenvalue weighted by atomic mass is 10.5. The van der Waals surface area contributed by atoms with Crippen LogP contribution in [0.3, 0.4) is 0 Å². The molecule has 0 amide bonds. The van der Waals surface area contributed by atoms with Gasteiger partial charge in [-0.25, -0.2) is 0 Å². The summed E-state index contributed by atoms with van der Waals surface area (Å²) in [5.74, 6) is 0.982. The zero-order valence-electron chi connectivity index (χ0n) is 5.40. The molecule has 9 heavy (non-hydrogen) atoms. The largest absolute Gasteiger partial charge is 0.159 e. The maximum Gasteiger partial charge on any atom is 0.131 e. The number of rotatable bonds is 3. The highest BCUT2D eigenvalue weighted by Crippen LogP contribution is 2.37. The summed E-state index contributed by atoms with van der Waals surface area (Å²) in [6.07, 6.45) is 0. The molecule has 56 valence electrons. The topological polar surface area (TPSA) is 0 Å². The van der Waals surface area contributed by atoms with Gasteiger partial charge in [-0.15, -0.1) is 35.0 Å². The zero-order chi connectivity index (χ0) is 7.49. The van der Waals surface area contributed by atoms with Gasteiger partial charge in [0.15, 0.2) is 0 Å². The number of hydrogen-bond acceptors (Lipinski definition) is 2. The fraction of sp³-hybridized carbons (Fsp3) is 1.00. The molecular formula is C5H10Cl2S2. The minimum absolute atomic E-state index is 0.308. The molecular weight excluding hydrogens is 195 g/mol. The summed E-state index contributed by atoms with van der Waals surface area (Å²) in [6.45, 7) is 3.96. The molecule has 1 atom stereocenters. The summed E-state index contributed by atoms with van der Waals surface area (Å²) in [7, 11) is 0. The Morgan fingerprint density at radius 2 is 2.11 bits per heavy atom. The maximum atomic E-state index is 5.62. The van der Waals surface area contributed by atoms with Gasteiger partial charge >= 0.3 is 0 Å². The van der Waals surface area contributed by atoms with Crippen molar-refractivity contribution >= 4 is 47.6 Å². The molecule has 0 spiro atoms. The first kappa shape index (κ1) is 10.3. The van der Waals surface area contributed by atoms with E-state index in [1.807, 2.05) is 6.92 Å². The molecule has 0 saturated carbocycles. The minimum atomic E-state index is -0.411. The predicted octanol–water partition coefficient (Wildman–Crippen LogP) is 3.19. The fourth-order valence-electron chi connectivity index (χ4n) is 0.355. The summed E-state index contributed by atoms with van der Waals surface area (Å²) in [5, 5.41) is 0. The lowest BCUT2D eigenvalue weighted by Crippen LogP contribution is -2.20. The van der Waals surface area contributed by atoms with Crippen LogP contribution >= 0.6 is 47.6 Å². The highest BCUT2D eigenvalue weighted by atomic mass is 35.5. The molecule has 0 fully saturated rings. The van der Waals surface area contributed by atoms with Crippen LogP contribution in [-0.2, 0) is 0 Å². The van der Waals surface area contributed by atoms with Gasteiger partial charge in [-0.2, -0.15) is 12.6 Å². The molecule has 0 aromatic rings.